The molecule has 4 atom stereocenters. The lowest BCUT2D eigenvalue weighted by Gasteiger charge is -2.49. The second kappa shape index (κ2) is 5.47. The van der Waals surface area contributed by atoms with Crippen LogP contribution in [0.5, 0.6) is 5.75 Å². The Hall–Kier alpha value is -3.05. The number of methoxy groups -OCH3 is 1. The minimum absolute atomic E-state index is 0.178. The summed E-state index contributed by atoms with van der Waals surface area (Å²) >= 11 is 0. The third-order valence-electron chi connectivity index (χ3n) is 5.55. The van der Waals surface area contributed by atoms with Gasteiger partial charge in [-0.2, -0.15) is 5.26 Å². The van der Waals surface area contributed by atoms with Crippen molar-refractivity contribution < 1.29 is 29.6 Å². The number of aliphatic hydroxyl groups excluding tert-OH is 1. The number of fused-ring (bicyclic) bond motifs is 3. The number of hydrogen-bond acceptors (Lipinski definition) is 6. The minimum atomic E-state index is -2.11. The monoisotopic (exact) mass is 358 g/mol. The number of aliphatic carboxylic acids is 2. The van der Waals surface area contributed by atoms with Crippen LogP contribution in [-0.4, -0.2) is 39.9 Å². The lowest BCUT2D eigenvalue weighted by molar-refractivity contribution is -0.164. The van der Waals surface area contributed by atoms with Crippen LogP contribution in [0.2, 0.25) is 0 Å². The van der Waals surface area contributed by atoms with Gasteiger partial charge in [-0.25, -0.2) is 4.79 Å². The van der Waals surface area contributed by atoms with Gasteiger partial charge in [0.05, 0.1) is 24.9 Å². The fourth-order valence-electron chi connectivity index (χ4n) is 4.39. The molecular formula is C18H18N2O6. The summed E-state index contributed by atoms with van der Waals surface area (Å²) in [4.78, 5) is 24.4. The van der Waals surface area contributed by atoms with Crippen LogP contribution in [0.4, 0.5) is 0 Å². The SMILES string of the molecule is COc1ccc2c(c1)C(O)C1(C(=O)O)C2C(C(=O)O)=C(C)NC1(C)C#N. The van der Waals surface area contributed by atoms with Gasteiger partial charge in [-0.15, -0.1) is 0 Å². The fraction of sp³-hybridized carbons (Fsp3) is 0.389. The van der Waals surface area contributed by atoms with Crippen molar-refractivity contribution in [2.75, 3.05) is 7.11 Å². The van der Waals surface area contributed by atoms with E-state index in [1.165, 1.54) is 27.0 Å². The van der Waals surface area contributed by atoms with Crippen LogP contribution in [0.1, 0.15) is 37.0 Å². The van der Waals surface area contributed by atoms with Crippen LogP contribution in [0.15, 0.2) is 29.5 Å². The summed E-state index contributed by atoms with van der Waals surface area (Å²) in [5.41, 5.74) is -3.22. The van der Waals surface area contributed by atoms with Crippen molar-refractivity contribution in [3.8, 4) is 11.8 Å². The highest BCUT2D eigenvalue weighted by Gasteiger charge is 2.71. The lowest BCUT2D eigenvalue weighted by Crippen LogP contribution is -2.65. The van der Waals surface area contributed by atoms with E-state index in [2.05, 4.69) is 5.32 Å². The summed E-state index contributed by atoms with van der Waals surface area (Å²) in [6.45, 7) is 2.85. The molecule has 0 saturated heterocycles. The molecule has 0 radical (unpaired) electrons. The summed E-state index contributed by atoms with van der Waals surface area (Å²) in [7, 11) is 1.43. The van der Waals surface area contributed by atoms with E-state index in [1.807, 2.05) is 6.07 Å². The van der Waals surface area contributed by atoms with Crippen LogP contribution in [0, 0.1) is 16.7 Å². The smallest absolute Gasteiger partial charge is 0.333 e. The minimum Gasteiger partial charge on any atom is -0.497 e. The first-order valence-electron chi connectivity index (χ1n) is 7.88. The highest BCUT2D eigenvalue weighted by molar-refractivity contribution is 5.95. The molecule has 0 aromatic heterocycles. The lowest BCUT2D eigenvalue weighted by atomic mass is 9.58. The number of carboxylic acids is 2. The van der Waals surface area contributed by atoms with Crippen LogP contribution >= 0.6 is 0 Å². The van der Waals surface area contributed by atoms with Gasteiger partial charge in [0, 0.05) is 11.6 Å². The number of benzene rings is 1. The van der Waals surface area contributed by atoms with E-state index in [0.717, 1.165) is 0 Å². The fourth-order valence-corrected chi connectivity index (χ4v) is 4.39. The number of aliphatic hydroxyl groups is 1. The normalized spacial score (nSPS) is 32.1. The van der Waals surface area contributed by atoms with Crippen LogP contribution in [0.25, 0.3) is 0 Å². The zero-order valence-electron chi connectivity index (χ0n) is 14.4. The van der Waals surface area contributed by atoms with Gasteiger partial charge in [-0.05, 0) is 37.1 Å². The Bertz CT molecular complexity index is 901. The second-order valence-corrected chi connectivity index (χ2v) is 6.71. The molecule has 1 aromatic rings. The molecule has 1 heterocycles. The van der Waals surface area contributed by atoms with Crippen molar-refractivity contribution in [2.45, 2.75) is 31.4 Å². The summed E-state index contributed by atoms with van der Waals surface area (Å²) in [5.74, 6) is -3.56. The molecule has 136 valence electrons. The maximum Gasteiger partial charge on any atom is 0.333 e. The first-order chi connectivity index (χ1) is 12.2. The highest BCUT2D eigenvalue weighted by Crippen LogP contribution is 2.64. The van der Waals surface area contributed by atoms with Crippen molar-refractivity contribution in [1.82, 2.24) is 5.32 Å². The molecule has 0 bridgehead atoms. The Balaban J connectivity index is 2.45. The Morgan fingerprint density at radius 1 is 1.31 bits per heavy atom. The molecule has 0 fully saturated rings. The number of nitrogens with zero attached hydrogens (tertiary/aromatic N) is 1. The number of carboxylic acid groups (broad SMARTS) is 2. The summed E-state index contributed by atoms with van der Waals surface area (Å²) in [6.07, 6.45) is -1.60. The largest absolute Gasteiger partial charge is 0.497 e. The third kappa shape index (κ3) is 1.86. The molecule has 1 aliphatic carbocycles. The van der Waals surface area contributed by atoms with Gasteiger partial charge in [0.2, 0.25) is 0 Å². The van der Waals surface area contributed by atoms with E-state index >= 15 is 0 Å². The Morgan fingerprint density at radius 3 is 2.46 bits per heavy atom. The average molecular weight is 358 g/mol. The second-order valence-electron chi connectivity index (χ2n) is 6.71. The molecule has 2 aliphatic rings. The van der Waals surface area contributed by atoms with Crippen LogP contribution in [-0.2, 0) is 9.59 Å². The van der Waals surface area contributed by atoms with Crippen LogP contribution < -0.4 is 10.1 Å². The Kier molecular flexibility index (Phi) is 3.74. The first-order valence-corrected chi connectivity index (χ1v) is 7.88. The molecule has 8 heteroatoms. The Labute approximate surface area is 149 Å². The van der Waals surface area contributed by atoms with Crippen molar-refractivity contribution in [2.24, 2.45) is 5.41 Å². The summed E-state index contributed by atoms with van der Waals surface area (Å²) in [6, 6.07) is 6.55. The maximum absolute atomic E-state index is 12.4. The number of rotatable bonds is 3. The van der Waals surface area contributed by atoms with E-state index in [4.69, 9.17) is 4.74 Å². The van der Waals surface area contributed by atoms with Gasteiger partial charge in [0.25, 0.3) is 0 Å². The number of nitriles is 1. The van der Waals surface area contributed by atoms with Gasteiger partial charge in [0.1, 0.15) is 16.7 Å². The molecule has 3 rings (SSSR count). The molecular weight excluding hydrogens is 340 g/mol. The van der Waals surface area contributed by atoms with Gasteiger partial charge in [-0.1, -0.05) is 6.07 Å². The average Bonchev–Trinajstić information content (AvgIpc) is 2.85. The molecule has 8 nitrogen and oxygen atoms in total. The van der Waals surface area contributed by atoms with Crippen molar-refractivity contribution >= 4 is 11.9 Å². The molecule has 0 saturated carbocycles. The van der Waals surface area contributed by atoms with Crippen molar-refractivity contribution in [3.63, 3.8) is 0 Å². The molecule has 1 aromatic carbocycles. The molecule has 0 amide bonds. The highest BCUT2D eigenvalue weighted by atomic mass is 16.5. The van der Waals surface area contributed by atoms with E-state index in [0.29, 0.717) is 11.3 Å². The topological polar surface area (TPSA) is 140 Å². The van der Waals surface area contributed by atoms with Crippen molar-refractivity contribution in [1.29, 1.82) is 5.26 Å². The third-order valence-corrected chi connectivity index (χ3v) is 5.55. The Morgan fingerprint density at radius 2 is 1.96 bits per heavy atom. The molecule has 0 spiro atoms. The molecule has 26 heavy (non-hydrogen) atoms. The zero-order valence-corrected chi connectivity index (χ0v) is 14.4. The van der Waals surface area contributed by atoms with Gasteiger partial charge in [-0.3, -0.25) is 4.79 Å². The van der Waals surface area contributed by atoms with Crippen molar-refractivity contribution in [3.05, 3.63) is 40.6 Å². The van der Waals surface area contributed by atoms with Gasteiger partial charge < -0.3 is 25.4 Å². The molecule has 4 N–H and O–H groups in total. The van der Waals surface area contributed by atoms with Crippen LogP contribution in [0.3, 0.4) is 0 Å². The zero-order chi connectivity index (χ0) is 19.4. The summed E-state index contributed by atoms with van der Waals surface area (Å²) in [5, 5.41) is 43.4. The van der Waals surface area contributed by atoms with Gasteiger partial charge >= 0.3 is 11.9 Å². The predicted molar refractivity (Wildman–Crippen MR) is 88.3 cm³/mol. The molecule has 1 aliphatic heterocycles. The standard InChI is InChI=1S/C18H18N2O6/c1-8-12(15(22)23)13-10-5-4-9(26-3)6-11(10)14(21)18(13,16(24)25)17(2,7-19)20-8/h4-6,13-14,20-21H,1-3H3,(H,22,23)(H,24,25). The quantitative estimate of drug-likeness (QED) is 0.631. The maximum atomic E-state index is 12.4. The van der Waals surface area contributed by atoms with E-state index in [9.17, 15) is 30.2 Å². The predicted octanol–water partition coefficient (Wildman–Crippen LogP) is 1.14. The first kappa shape index (κ1) is 17.8. The van der Waals surface area contributed by atoms with E-state index < -0.39 is 34.9 Å². The molecule has 4 unspecified atom stereocenters. The van der Waals surface area contributed by atoms with Gasteiger partial charge in [0.15, 0.2) is 0 Å². The van der Waals surface area contributed by atoms with E-state index in [1.54, 1.807) is 12.1 Å². The summed E-state index contributed by atoms with van der Waals surface area (Å²) < 4.78 is 5.14. The number of ether oxygens (including phenoxy) is 1. The number of hydrogen-bond donors (Lipinski definition) is 4. The van der Waals surface area contributed by atoms with E-state index in [-0.39, 0.29) is 16.8 Å². The number of allylic oxidation sites excluding steroid dienone is 1. The number of carbonyl (C=O) groups is 2. The number of nitrogens with one attached hydrogen (secondary N) is 1.